The van der Waals surface area contributed by atoms with Crippen LogP contribution < -0.4 is 4.74 Å². The Morgan fingerprint density at radius 1 is 1.21 bits per heavy atom. The molecule has 0 saturated heterocycles. The van der Waals surface area contributed by atoms with E-state index in [1.807, 2.05) is 24.3 Å². The summed E-state index contributed by atoms with van der Waals surface area (Å²) in [6.45, 7) is 2.11. The molecule has 2 aromatic rings. The molecule has 1 N–H and O–H groups in total. The average Bonchev–Trinajstić information content (AvgIpc) is 2.47. The van der Waals surface area contributed by atoms with Gasteiger partial charge in [0.2, 0.25) is 5.88 Å². The van der Waals surface area contributed by atoms with Crippen molar-refractivity contribution in [3.8, 4) is 5.88 Å². The molecule has 0 fully saturated rings. The van der Waals surface area contributed by atoms with Crippen molar-refractivity contribution in [2.45, 2.75) is 25.9 Å². The highest BCUT2D eigenvalue weighted by atomic mass is 16.5. The highest BCUT2D eigenvalue weighted by molar-refractivity contribution is 5.25. The SMILES string of the molecule is CCc1ccc(C(O)Cc2cc(OC)ncn2)cc1. The van der Waals surface area contributed by atoms with E-state index in [4.69, 9.17) is 4.74 Å². The van der Waals surface area contributed by atoms with E-state index in [0.717, 1.165) is 17.7 Å². The number of hydrogen-bond acceptors (Lipinski definition) is 4. The lowest BCUT2D eigenvalue weighted by molar-refractivity contribution is 0.177. The molecule has 4 nitrogen and oxygen atoms in total. The maximum absolute atomic E-state index is 10.2. The van der Waals surface area contributed by atoms with Gasteiger partial charge in [0, 0.05) is 12.5 Å². The van der Waals surface area contributed by atoms with E-state index in [0.29, 0.717) is 12.3 Å². The summed E-state index contributed by atoms with van der Waals surface area (Å²) in [7, 11) is 1.56. The Labute approximate surface area is 113 Å². The van der Waals surface area contributed by atoms with Crippen molar-refractivity contribution in [3.63, 3.8) is 0 Å². The molecule has 0 aliphatic rings. The first-order chi connectivity index (χ1) is 9.22. The summed E-state index contributed by atoms with van der Waals surface area (Å²) in [6, 6.07) is 9.74. The number of rotatable bonds is 5. The third kappa shape index (κ3) is 3.51. The molecule has 0 saturated carbocycles. The lowest BCUT2D eigenvalue weighted by Crippen LogP contribution is -2.04. The normalized spacial score (nSPS) is 12.2. The third-order valence-corrected chi connectivity index (χ3v) is 3.08. The van der Waals surface area contributed by atoms with Crippen LogP contribution in [0.25, 0.3) is 0 Å². The quantitative estimate of drug-likeness (QED) is 0.894. The summed E-state index contributed by atoms with van der Waals surface area (Å²) >= 11 is 0. The predicted molar refractivity (Wildman–Crippen MR) is 73.1 cm³/mol. The molecule has 0 aliphatic heterocycles. The lowest BCUT2D eigenvalue weighted by Gasteiger charge is -2.11. The zero-order chi connectivity index (χ0) is 13.7. The van der Waals surface area contributed by atoms with E-state index in [-0.39, 0.29) is 0 Å². The number of nitrogens with zero attached hydrogens (tertiary/aromatic N) is 2. The molecular weight excluding hydrogens is 240 g/mol. The maximum atomic E-state index is 10.2. The second-order valence-electron chi connectivity index (χ2n) is 4.37. The maximum Gasteiger partial charge on any atom is 0.216 e. The fourth-order valence-corrected chi connectivity index (χ4v) is 1.89. The minimum absolute atomic E-state index is 0.449. The Morgan fingerprint density at radius 3 is 2.58 bits per heavy atom. The van der Waals surface area contributed by atoms with Crippen molar-refractivity contribution in [1.29, 1.82) is 0 Å². The molecule has 1 aromatic heterocycles. The Balaban J connectivity index is 2.08. The van der Waals surface area contributed by atoms with Crippen LogP contribution in [0.2, 0.25) is 0 Å². The van der Waals surface area contributed by atoms with Crippen LogP contribution in [-0.4, -0.2) is 22.2 Å². The Morgan fingerprint density at radius 2 is 1.95 bits per heavy atom. The summed E-state index contributed by atoms with van der Waals surface area (Å²) in [5.74, 6) is 0.513. The van der Waals surface area contributed by atoms with Gasteiger partial charge in [-0.15, -0.1) is 0 Å². The number of hydrogen-bond donors (Lipinski definition) is 1. The zero-order valence-corrected chi connectivity index (χ0v) is 11.2. The number of aromatic nitrogens is 2. The second-order valence-corrected chi connectivity index (χ2v) is 4.37. The second kappa shape index (κ2) is 6.29. The highest BCUT2D eigenvalue weighted by Crippen LogP contribution is 2.19. The minimum Gasteiger partial charge on any atom is -0.481 e. The van der Waals surface area contributed by atoms with E-state index < -0.39 is 6.10 Å². The number of benzene rings is 1. The van der Waals surface area contributed by atoms with Gasteiger partial charge in [-0.25, -0.2) is 9.97 Å². The highest BCUT2D eigenvalue weighted by Gasteiger charge is 2.10. The molecule has 1 aromatic carbocycles. The Kier molecular flexibility index (Phi) is 4.47. The standard InChI is InChI=1S/C15H18N2O2/c1-3-11-4-6-12(7-5-11)14(18)8-13-9-15(19-2)17-10-16-13/h4-7,9-10,14,18H,3,8H2,1-2H3. The molecule has 4 heteroatoms. The fourth-order valence-electron chi connectivity index (χ4n) is 1.89. The molecule has 100 valence electrons. The van der Waals surface area contributed by atoms with E-state index in [2.05, 4.69) is 16.9 Å². The number of methoxy groups -OCH3 is 1. The van der Waals surface area contributed by atoms with Gasteiger partial charge in [-0.1, -0.05) is 31.2 Å². The smallest absolute Gasteiger partial charge is 0.216 e. The van der Waals surface area contributed by atoms with Crippen LogP contribution >= 0.6 is 0 Å². The number of ether oxygens (including phenoxy) is 1. The molecule has 19 heavy (non-hydrogen) atoms. The van der Waals surface area contributed by atoms with Crippen LogP contribution in [0.5, 0.6) is 5.88 Å². The van der Waals surface area contributed by atoms with E-state index in [1.165, 1.54) is 11.9 Å². The van der Waals surface area contributed by atoms with Crippen molar-refractivity contribution in [1.82, 2.24) is 9.97 Å². The molecule has 1 heterocycles. The van der Waals surface area contributed by atoms with Crippen LogP contribution in [0.1, 0.15) is 29.8 Å². The number of aryl methyl sites for hydroxylation is 1. The van der Waals surface area contributed by atoms with Gasteiger partial charge in [0.15, 0.2) is 0 Å². The summed E-state index contributed by atoms with van der Waals surface area (Å²) in [5.41, 5.74) is 2.92. The molecule has 0 amide bonds. The van der Waals surface area contributed by atoms with Gasteiger partial charge in [-0.3, -0.25) is 0 Å². The van der Waals surface area contributed by atoms with Crippen molar-refractivity contribution >= 4 is 0 Å². The van der Waals surface area contributed by atoms with Gasteiger partial charge in [0.05, 0.1) is 18.9 Å². The Bertz CT molecular complexity index is 526. The molecule has 1 unspecified atom stereocenters. The first-order valence-electron chi connectivity index (χ1n) is 6.34. The molecule has 0 aliphatic carbocycles. The molecule has 0 bridgehead atoms. The molecule has 0 spiro atoms. The number of aliphatic hydroxyl groups excluding tert-OH is 1. The van der Waals surface area contributed by atoms with Crippen LogP contribution in [0, 0.1) is 0 Å². The molecule has 1 atom stereocenters. The zero-order valence-electron chi connectivity index (χ0n) is 11.2. The third-order valence-electron chi connectivity index (χ3n) is 3.08. The molecule has 2 rings (SSSR count). The van der Waals surface area contributed by atoms with Crippen LogP contribution in [-0.2, 0) is 12.8 Å². The van der Waals surface area contributed by atoms with Crippen LogP contribution in [0.3, 0.4) is 0 Å². The molecule has 0 radical (unpaired) electrons. The van der Waals surface area contributed by atoms with Gasteiger partial charge in [-0.05, 0) is 17.5 Å². The molecular formula is C15H18N2O2. The Hall–Kier alpha value is -1.94. The van der Waals surface area contributed by atoms with Gasteiger partial charge < -0.3 is 9.84 Å². The fraction of sp³-hybridized carbons (Fsp3) is 0.333. The summed E-state index contributed by atoms with van der Waals surface area (Å²) in [5, 5.41) is 10.2. The number of aliphatic hydroxyl groups is 1. The van der Waals surface area contributed by atoms with Crippen molar-refractivity contribution in [2.24, 2.45) is 0 Å². The van der Waals surface area contributed by atoms with Crippen molar-refractivity contribution in [2.75, 3.05) is 7.11 Å². The first-order valence-corrected chi connectivity index (χ1v) is 6.34. The topological polar surface area (TPSA) is 55.2 Å². The van der Waals surface area contributed by atoms with Crippen LogP contribution in [0.15, 0.2) is 36.7 Å². The largest absolute Gasteiger partial charge is 0.481 e. The first kappa shape index (κ1) is 13.5. The summed E-state index contributed by atoms with van der Waals surface area (Å²) < 4.78 is 5.04. The van der Waals surface area contributed by atoms with Gasteiger partial charge in [0.25, 0.3) is 0 Å². The lowest BCUT2D eigenvalue weighted by atomic mass is 10.0. The van der Waals surface area contributed by atoms with E-state index >= 15 is 0 Å². The van der Waals surface area contributed by atoms with Crippen molar-refractivity contribution < 1.29 is 9.84 Å². The average molecular weight is 258 g/mol. The van der Waals surface area contributed by atoms with Gasteiger partial charge >= 0.3 is 0 Å². The monoisotopic (exact) mass is 258 g/mol. The van der Waals surface area contributed by atoms with Crippen LogP contribution in [0.4, 0.5) is 0 Å². The van der Waals surface area contributed by atoms with E-state index in [9.17, 15) is 5.11 Å². The van der Waals surface area contributed by atoms with Crippen molar-refractivity contribution in [3.05, 3.63) is 53.5 Å². The summed E-state index contributed by atoms with van der Waals surface area (Å²) in [6.07, 6.45) is 2.33. The van der Waals surface area contributed by atoms with Gasteiger partial charge in [0.1, 0.15) is 6.33 Å². The summed E-state index contributed by atoms with van der Waals surface area (Å²) in [4.78, 5) is 8.08. The van der Waals surface area contributed by atoms with E-state index in [1.54, 1.807) is 13.2 Å². The van der Waals surface area contributed by atoms with Gasteiger partial charge in [-0.2, -0.15) is 0 Å². The minimum atomic E-state index is -0.564. The predicted octanol–water partition coefficient (Wildman–Crippen LogP) is 2.32.